The lowest BCUT2D eigenvalue weighted by Crippen LogP contribution is -2.49. The Bertz CT molecular complexity index is 1180. The number of rotatable bonds is 3. The SMILES string of the molecule is Cc1ccc2[nH]nc(-c3nc4cc(F)c(N5CCN(C(C)C)CC5)cc4[nH]3)c2c1. The molecule has 6 nitrogen and oxygen atoms in total. The van der Waals surface area contributed by atoms with Crippen molar-refractivity contribution < 1.29 is 4.39 Å². The van der Waals surface area contributed by atoms with Gasteiger partial charge in [-0.25, -0.2) is 9.37 Å². The van der Waals surface area contributed by atoms with Gasteiger partial charge in [0.2, 0.25) is 0 Å². The van der Waals surface area contributed by atoms with Crippen molar-refractivity contribution in [3.8, 4) is 11.5 Å². The van der Waals surface area contributed by atoms with Crippen LogP contribution in [0.3, 0.4) is 0 Å². The fraction of sp³-hybridized carbons (Fsp3) is 0.364. The average molecular weight is 392 g/mol. The standard InChI is InChI=1S/C22H25FN6/c1-13(2)28-6-8-29(9-7-28)20-12-19-18(11-16(20)23)24-22(25-19)21-15-10-14(3)4-5-17(15)26-27-21/h4-5,10-13H,6-9H2,1-3H3,(H,24,25)(H,26,27). The van der Waals surface area contributed by atoms with Gasteiger partial charge in [0.25, 0.3) is 0 Å². The molecule has 2 N–H and O–H groups in total. The molecule has 0 spiro atoms. The summed E-state index contributed by atoms with van der Waals surface area (Å²) < 4.78 is 14.9. The Morgan fingerprint density at radius 2 is 1.83 bits per heavy atom. The minimum atomic E-state index is -0.226. The summed E-state index contributed by atoms with van der Waals surface area (Å²) in [7, 11) is 0. The van der Waals surface area contributed by atoms with E-state index in [-0.39, 0.29) is 5.82 Å². The second-order valence-electron chi connectivity index (χ2n) is 8.14. The Balaban J connectivity index is 1.50. The highest BCUT2D eigenvalue weighted by molar-refractivity contribution is 5.93. The summed E-state index contributed by atoms with van der Waals surface area (Å²) in [5.41, 5.74) is 4.95. The lowest BCUT2D eigenvalue weighted by atomic mass is 10.1. The number of aromatic nitrogens is 4. The number of nitrogens with one attached hydrogen (secondary N) is 2. The van der Waals surface area contributed by atoms with Crippen molar-refractivity contribution in [2.24, 2.45) is 0 Å². The van der Waals surface area contributed by atoms with Crippen molar-refractivity contribution in [3.05, 3.63) is 41.7 Å². The van der Waals surface area contributed by atoms with Gasteiger partial charge in [-0.15, -0.1) is 0 Å². The zero-order valence-corrected chi connectivity index (χ0v) is 17.0. The number of hydrogen-bond acceptors (Lipinski definition) is 4. The molecule has 29 heavy (non-hydrogen) atoms. The Kier molecular flexibility index (Phi) is 4.28. The number of aryl methyl sites for hydroxylation is 1. The molecule has 0 bridgehead atoms. The van der Waals surface area contributed by atoms with Crippen LogP contribution in [0.2, 0.25) is 0 Å². The van der Waals surface area contributed by atoms with Gasteiger partial charge in [-0.3, -0.25) is 10.00 Å². The molecule has 0 atom stereocenters. The van der Waals surface area contributed by atoms with Crippen molar-refractivity contribution >= 4 is 27.6 Å². The van der Waals surface area contributed by atoms with E-state index >= 15 is 0 Å². The van der Waals surface area contributed by atoms with Crippen LogP contribution in [-0.2, 0) is 0 Å². The normalized spacial score (nSPS) is 15.8. The molecular weight excluding hydrogens is 367 g/mol. The van der Waals surface area contributed by atoms with E-state index in [0.717, 1.165) is 53.9 Å². The van der Waals surface area contributed by atoms with Crippen molar-refractivity contribution in [1.29, 1.82) is 0 Å². The van der Waals surface area contributed by atoms with Gasteiger partial charge in [0.05, 0.1) is 22.2 Å². The van der Waals surface area contributed by atoms with Crippen molar-refractivity contribution in [1.82, 2.24) is 25.1 Å². The van der Waals surface area contributed by atoms with Crippen LogP contribution in [0.15, 0.2) is 30.3 Å². The lowest BCUT2D eigenvalue weighted by Gasteiger charge is -2.38. The zero-order valence-electron chi connectivity index (χ0n) is 17.0. The summed E-state index contributed by atoms with van der Waals surface area (Å²) in [4.78, 5) is 12.5. The van der Waals surface area contributed by atoms with Crippen LogP contribution >= 0.6 is 0 Å². The van der Waals surface area contributed by atoms with Gasteiger partial charge in [-0.1, -0.05) is 11.6 Å². The third-order valence-corrected chi connectivity index (χ3v) is 5.88. The quantitative estimate of drug-likeness (QED) is 0.551. The lowest BCUT2D eigenvalue weighted by molar-refractivity contribution is 0.209. The first-order chi connectivity index (χ1) is 14.0. The number of benzene rings is 2. The fourth-order valence-corrected chi connectivity index (χ4v) is 4.16. The monoisotopic (exact) mass is 392 g/mol. The number of fused-ring (bicyclic) bond motifs is 2. The average Bonchev–Trinajstić information content (AvgIpc) is 3.30. The van der Waals surface area contributed by atoms with E-state index in [4.69, 9.17) is 0 Å². The summed E-state index contributed by atoms with van der Waals surface area (Å²) in [5.74, 6) is 0.425. The Morgan fingerprint density at radius 3 is 2.59 bits per heavy atom. The molecule has 0 radical (unpaired) electrons. The molecule has 1 aliphatic heterocycles. The van der Waals surface area contributed by atoms with Gasteiger partial charge in [-0.05, 0) is 39.0 Å². The summed E-state index contributed by atoms with van der Waals surface area (Å²) in [5, 5.41) is 8.49. The first kappa shape index (κ1) is 18.1. The Hall–Kier alpha value is -2.93. The molecule has 5 rings (SSSR count). The molecule has 7 heteroatoms. The summed E-state index contributed by atoms with van der Waals surface area (Å²) in [6, 6.07) is 10.1. The molecule has 0 unspecified atom stereocenters. The minimum absolute atomic E-state index is 0.226. The highest BCUT2D eigenvalue weighted by atomic mass is 19.1. The molecule has 4 aromatic rings. The number of nitrogens with zero attached hydrogens (tertiary/aromatic N) is 4. The van der Waals surface area contributed by atoms with Crippen LogP contribution in [0.4, 0.5) is 10.1 Å². The number of halogens is 1. The van der Waals surface area contributed by atoms with Crippen LogP contribution in [0, 0.1) is 12.7 Å². The van der Waals surface area contributed by atoms with Gasteiger partial charge in [-0.2, -0.15) is 5.10 Å². The number of piperazine rings is 1. The van der Waals surface area contributed by atoms with Crippen LogP contribution in [0.1, 0.15) is 19.4 Å². The second kappa shape index (κ2) is 6.84. The van der Waals surface area contributed by atoms with E-state index in [0.29, 0.717) is 23.1 Å². The van der Waals surface area contributed by atoms with E-state index in [2.05, 4.69) is 56.8 Å². The minimum Gasteiger partial charge on any atom is -0.367 e. The summed E-state index contributed by atoms with van der Waals surface area (Å²) in [6.07, 6.45) is 0. The van der Waals surface area contributed by atoms with Gasteiger partial charge < -0.3 is 9.88 Å². The third-order valence-electron chi connectivity index (χ3n) is 5.88. The van der Waals surface area contributed by atoms with Gasteiger partial charge in [0.15, 0.2) is 5.82 Å². The van der Waals surface area contributed by atoms with Gasteiger partial charge in [0, 0.05) is 43.7 Å². The molecular formula is C22H25FN6. The Morgan fingerprint density at radius 1 is 1.03 bits per heavy atom. The highest BCUT2D eigenvalue weighted by Crippen LogP contribution is 2.30. The van der Waals surface area contributed by atoms with Crippen molar-refractivity contribution in [3.63, 3.8) is 0 Å². The molecule has 0 amide bonds. The smallest absolute Gasteiger partial charge is 0.159 e. The maximum atomic E-state index is 14.9. The van der Waals surface area contributed by atoms with E-state index in [9.17, 15) is 4.39 Å². The summed E-state index contributed by atoms with van der Waals surface area (Å²) >= 11 is 0. The molecule has 2 aromatic heterocycles. The van der Waals surface area contributed by atoms with Crippen LogP contribution in [-0.4, -0.2) is 57.3 Å². The van der Waals surface area contributed by atoms with E-state index in [1.54, 1.807) is 0 Å². The number of imidazole rings is 1. The molecule has 1 fully saturated rings. The predicted octanol–water partition coefficient (Wildman–Crippen LogP) is 4.08. The van der Waals surface area contributed by atoms with Gasteiger partial charge >= 0.3 is 0 Å². The van der Waals surface area contributed by atoms with Crippen LogP contribution < -0.4 is 4.90 Å². The largest absolute Gasteiger partial charge is 0.367 e. The van der Waals surface area contributed by atoms with Crippen LogP contribution in [0.25, 0.3) is 33.5 Å². The molecule has 1 aliphatic rings. The molecule has 0 saturated carbocycles. The Labute approximate surface area is 168 Å². The number of H-pyrrole nitrogens is 2. The molecule has 150 valence electrons. The van der Waals surface area contributed by atoms with Crippen molar-refractivity contribution in [2.75, 3.05) is 31.1 Å². The van der Waals surface area contributed by atoms with E-state index in [1.165, 1.54) is 6.07 Å². The number of hydrogen-bond donors (Lipinski definition) is 2. The first-order valence-electron chi connectivity index (χ1n) is 10.1. The number of anilines is 1. The molecule has 2 aromatic carbocycles. The van der Waals surface area contributed by atoms with Crippen LogP contribution in [0.5, 0.6) is 0 Å². The zero-order chi connectivity index (χ0) is 20.1. The third kappa shape index (κ3) is 3.15. The predicted molar refractivity (Wildman–Crippen MR) is 115 cm³/mol. The first-order valence-corrected chi connectivity index (χ1v) is 10.1. The topological polar surface area (TPSA) is 63.8 Å². The van der Waals surface area contributed by atoms with Gasteiger partial charge in [0.1, 0.15) is 11.5 Å². The molecule has 0 aliphatic carbocycles. The van der Waals surface area contributed by atoms with Crippen molar-refractivity contribution in [2.45, 2.75) is 26.8 Å². The maximum Gasteiger partial charge on any atom is 0.159 e. The second-order valence-corrected chi connectivity index (χ2v) is 8.14. The molecule has 3 heterocycles. The highest BCUT2D eigenvalue weighted by Gasteiger charge is 2.22. The molecule has 1 saturated heterocycles. The fourth-order valence-electron chi connectivity index (χ4n) is 4.16. The maximum absolute atomic E-state index is 14.9. The summed E-state index contributed by atoms with van der Waals surface area (Å²) in [6.45, 7) is 10.00. The number of aromatic amines is 2. The van der Waals surface area contributed by atoms with E-state index < -0.39 is 0 Å². The van der Waals surface area contributed by atoms with E-state index in [1.807, 2.05) is 18.2 Å².